The predicted molar refractivity (Wildman–Crippen MR) is 111 cm³/mol. The normalized spacial score (nSPS) is 10.5. The molecule has 0 bridgehead atoms. The summed E-state index contributed by atoms with van der Waals surface area (Å²) in [5.41, 5.74) is -0.401. The van der Waals surface area contributed by atoms with Crippen molar-refractivity contribution in [3.8, 4) is 5.75 Å². The van der Waals surface area contributed by atoms with Crippen molar-refractivity contribution < 1.29 is 33.8 Å². The largest absolute Gasteiger partial charge is 0.488 e. The van der Waals surface area contributed by atoms with Crippen LogP contribution in [0.2, 0.25) is 0 Å². The first-order valence-electron chi connectivity index (χ1n) is 9.24. The van der Waals surface area contributed by atoms with E-state index in [0.717, 1.165) is 36.4 Å². The zero-order valence-electron chi connectivity index (χ0n) is 17.2. The van der Waals surface area contributed by atoms with Gasteiger partial charge in [-0.3, -0.25) is 25.0 Å². The van der Waals surface area contributed by atoms with Gasteiger partial charge >= 0.3 is 5.97 Å². The number of carbonyl (C=O) groups excluding carboxylic acids is 1. The number of hydrogen-bond acceptors (Lipinski definition) is 9. The molecule has 0 fully saturated rings. The summed E-state index contributed by atoms with van der Waals surface area (Å²) in [6.07, 6.45) is 0. The van der Waals surface area contributed by atoms with E-state index in [4.69, 9.17) is 14.4 Å². The highest BCUT2D eigenvalue weighted by Crippen LogP contribution is 2.28. The highest BCUT2D eigenvalue weighted by molar-refractivity contribution is 6.07. The molecular formula is C20H16N4O9. The summed E-state index contributed by atoms with van der Waals surface area (Å²) >= 11 is 0. The minimum atomic E-state index is -1.42. The Bertz CT molecular complexity index is 1230. The molecule has 0 atom stereocenters. The van der Waals surface area contributed by atoms with Crippen LogP contribution >= 0.6 is 0 Å². The number of nitro groups is 2. The van der Waals surface area contributed by atoms with Gasteiger partial charge < -0.3 is 19.7 Å². The molecule has 0 unspecified atom stereocenters. The smallest absolute Gasteiger partial charge is 0.336 e. The number of aromatic carboxylic acids is 1. The van der Waals surface area contributed by atoms with Crippen LogP contribution < -0.4 is 10.1 Å². The average molecular weight is 456 g/mol. The molecule has 170 valence electrons. The lowest BCUT2D eigenvalue weighted by atomic mass is 10.1. The van der Waals surface area contributed by atoms with E-state index in [-0.39, 0.29) is 29.3 Å². The molecule has 2 N–H and O–H groups in total. The molecule has 0 saturated heterocycles. The Morgan fingerprint density at radius 2 is 1.79 bits per heavy atom. The van der Waals surface area contributed by atoms with E-state index in [0.29, 0.717) is 17.0 Å². The average Bonchev–Trinajstić information content (AvgIpc) is 3.08. The van der Waals surface area contributed by atoms with Gasteiger partial charge in [0, 0.05) is 23.9 Å². The number of hydrogen-bond donors (Lipinski definition) is 2. The lowest BCUT2D eigenvalue weighted by molar-refractivity contribution is -0.385. The van der Waals surface area contributed by atoms with Gasteiger partial charge in [0.05, 0.1) is 38.3 Å². The van der Waals surface area contributed by atoms with E-state index in [1.165, 1.54) is 0 Å². The number of carboxylic acid groups (broad SMARTS) is 1. The van der Waals surface area contributed by atoms with Crippen LogP contribution in [0.15, 0.2) is 40.9 Å². The maximum absolute atomic E-state index is 12.9. The highest BCUT2D eigenvalue weighted by Gasteiger charge is 2.21. The van der Waals surface area contributed by atoms with Gasteiger partial charge in [-0.25, -0.2) is 4.79 Å². The summed E-state index contributed by atoms with van der Waals surface area (Å²) < 4.78 is 10.7. The topological polar surface area (TPSA) is 188 Å². The van der Waals surface area contributed by atoms with E-state index in [1.54, 1.807) is 13.8 Å². The third-order valence-corrected chi connectivity index (χ3v) is 4.61. The van der Waals surface area contributed by atoms with Gasteiger partial charge in [-0.05, 0) is 26.0 Å². The lowest BCUT2D eigenvalue weighted by Crippen LogP contribution is -2.15. The number of carbonyl (C=O) groups is 2. The van der Waals surface area contributed by atoms with Gasteiger partial charge in [0.25, 0.3) is 17.3 Å². The van der Waals surface area contributed by atoms with Crippen molar-refractivity contribution in [3.05, 3.63) is 84.8 Å². The molecule has 3 rings (SSSR count). The van der Waals surface area contributed by atoms with Crippen molar-refractivity contribution in [2.75, 3.05) is 5.32 Å². The third-order valence-electron chi connectivity index (χ3n) is 4.61. The number of carboxylic acids is 1. The number of ether oxygens (including phenoxy) is 1. The first-order chi connectivity index (χ1) is 15.6. The number of benzene rings is 2. The fraction of sp³-hybridized carbons (Fsp3) is 0.150. The molecule has 1 amide bonds. The molecule has 0 saturated carbocycles. The summed E-state index contributed by atoms with van der Waals surface area (Å²) in [7, 11) is 0. The zero-order valence-corrected chi connectivity index (χ0v) is 17.2. The van der Waals surface area contributed by atoms with Crippen LogP contribution in [0.3, 0.4) is 0 Å². The number of aryl methyl sites for hydroxylation is 2. The van der Waals surface area contributed by atoms with Crippen molar-refractivity contribution in [1.82, 2.24) is 5.16 Å². The van der Waals surface area contributed by atoms with Crippen molar-refractivity contribution in [2.24, 2.45) is 0 Å². The minimum Gasteiger partial charge on any atom is -0.488 e. The summed E-state index contributed by atoms with van der Waals surface area (Å²) in [5.74, 6) is -1.91. The van der Waals surface area contributed by atoms with E-state index < -0.39 is 33.0 Å². The second-order valence-electron chi connectivity index (χ2n) is 6.81. The molecule has 0 aliphatic rings. The number of nitrogens with zero attached hydrogens (tertiary/aromatic N) is 3. The van der Waals surface area contributed by atoms with E-state index in [2.05, 4.69) is 10.5 Å². The van der Waals surface area contributed by atoms with Gasteiger partial charge in [0.2, 0.25) is 0 Å². The summed E-state index contributed by atoms with van der Waals surface area (Å²) in [4.78, 5) is 44.9. The van der Waals surface area contributed by atoms with Crippen molar-refractivity contribution >= 4 is 28.9 Å². The molecule has 33 heavy (non-hydrogen) atoms. The van der Waals surface area contributed by atoms with Gasteiger partial charge in [-0.1, -0.05) is 5.16 Å². The maximum Gasteiger partial charge on any atom is 0.336 e. The minimum absolute atomic E-state index is 0.0947. The maximum atomic E-state index is 12.9. The van der Waals surface area contributed by atoms with Crippen molar-refractivity contribution in [3.63, 3.8) is 0 Å². The fourth-order valence-electron chi connectivity index (χ4n) is 2.90. The van der Waals surface area contributed by atoms with E-state index in [1.807, 2.05) is 0 Å². The SMILES string of the molecule is Cc1noc(C)c1COc1cc([N+](=O)[O-])ccc1C(=O)Nc1cc(C(=O)O)cc([N+](=O)[O-])c1. The van der Waals surface area contributed by atoms with Crippen LogP contribution in [0.5, 0.6) is 5.75 Å². The number of amides is 1. The lowest BCUT2D eigenvalue weighted by Gasteiger charge is -2.12. The van der Waals surface area contributed by atoms with E-state index >= 15 is 0 Å². The van der Waals surface area contributed by atoms with Crippen molar-refractivity contribution in [2.45, 2.75) is 20.5 Å². The van der Waals surface area contributed by atoms with Gasteiger partial charge in [0.1, 0.15) is 18.1 Å². The van der Waals surface area contributed by atoms with Gasteiger partial charge in [-0.2, -0.15) is 0 Å². The summed E-state index contributed by atoms with van der Waals surface area (Å²) in [6, 6.07) is 6.19. The molecule has 0 spiro atoms. The molecule has 0 aliphatic heterocycles. The fourth-order valence-corrected chi connectivity index (χ4v) is 2.90. The molecule has 2 aromatic carbocycles. The van der Waals surface area contributed by atoms with Crippen LogP contribution in [0.4, 0.5) is 17.1 Å². The number of nitrogens with one attached hydrogen (secondary N) is 1. The Hall–Kier alpha value is -4.81. The number of non-ortho nitro benzene ring substituents is 2. The molecule has 1 aromatic heterocycles. The van der Waals surface area contributed by atoms with Crippen LogP contribution in [0.1, 0.15) is 37.7 Å². The number of nitro benzene ring substituents is 2. The molecule has 13 heteroatoms. The number of anilines is 1. The molecule has 0 aliphatic carbocycles. The molecule has 13 nitrogen and oxygen atoms in total. The van der Waals surface area contributed by atoms with Crippen molar-refractivity contribution in [1.29, 1.82) is 0 Å². The van der Waals surface area contributed by atoms with Crippen LogP contribution in [-0.2, 0) is 6.61 Å². The molecular weight excluding hydrogens is 440 g/mol. The van der Waals surface area contributed by atoms with Crippen LogP contribution in [-0.4, -0.2) is 32.0 Å². The summed E-state index contributed by atoms with van der Waals surface area (Å²) in [5, 5.41) is 37.6. The second-order valence-corrected chi connectivity index (χ2v) is 6.81. The number of aromatic nitrogens is 1. The Morgan fingerprint density at radius 3 is 2.36 bits per heavy atom. The Kier molecular flexibility index (Phi) is 6.33. The van der Waals surface area contributed by atoms with E-state index in [9.17, 15) is 29.8 Å². The van der Waals surface area contributed by atoms with Crippen LogP contribution in [0, 0.1) is 34.1 Å². The molecule has 0 radical (unpaired) electrons. The second kappa shape index (κ2) is 9.13. The third kappa shape index (κ3) is 5.10. The van der Waals surface area contributed by atoms with Gasteiger partial charge in [-0.15, -0.1) is 0 Å². The highest BCUT2D eigenvalue weighted by atomic mass is 16.6. The summed E-state index contributed by atoms with van der Waals surface area (Å²) in [6.45, 7) is 3.24. The Labute approximate surface area is 184 Å². The molecule has 1 heterocycles. The Balaban J connectivity index is 1.95. The number of rotatable bonds is 8. The van der Waals surface area contributed by atoms with Crippen LogP contribution in [0.25, 0.3) is 0 Å². The first-order valence-corrected chi connectivity index (χ1v) is 9.24. The monoisotopic (exact) mass is 456 g/mol. The predicted octanol–water partition coefficient (Wildman–Crippen LogP) is 3.64. The first kappa shape index (κ1) is 22.9. The standard InChI is InChI=1S/C20H16N4O9/c1-10-17(11(2)33-22-10)9-32-18-8-14(23(28)29)3-4-16(18)19(25)21-13-5-12(20(26)27)6-15(7-13)24(30)31/h3-8H,9H2,1-2H3,(H,21,25)(H,26,27). The molecule has 3 aromatic rings. The quantitative estimate of drug-likeness (QED) is 0.374. The van der Waals surface area contributed by atoms with Gasteiger partial charge in [0.15, 0.2) is 0 Å². The zero-order chi connectivity index (χ0) is 24.3. The Morgan fingerprint density at radius 1 is 1.09 bits per heavy atom.